The first-order valence-corrected chi connectivity index (χ1v) is 8.78. The van der Waals surface area contributed by atoms with E-state index in [0.717, 1.165) is 30.2 Å². The van der Waals surface area contributed by atoms with E-state index in [1.165, 1.54) is 4.80 Å². The number of nitrogens with zero attached hydrogens (tertiary/aromatic N) is 4. The van der Waals surface area contributed by atoms with Gasteiger partial charge in [-0.05, 0) is 57.2 Å². The molecule has 0 fully saturated rings. The monoisotopic (exact) mass is 349 g/mol. The molecule has 0 saturated heterocycles. The Bertz CT molecular complexity index is 867. The molecule has 0 radical (unpaired) electrons. The lowest BCUT2D eigenvalue weighted by molar-refractivity contribution is 0.102. The fourth-order valence-electron chi connectivity index (χ4n) is 2.80. The number of nitrogens with one attached hydrogen (secondary N) is 1. The summed E-state index contributed by atoms with van der Waals surface area (Å²) in [5.74, 6) is -0.264. The molecule has 1 heterocycles. The first-order valence-electron chi connectivity index (χ1n) is 8.78. The first-order chi connectivity index (χ1) is 12.6. The number of anilines is 2. The van der Waals surface area contributed by atoms with Gasteiger partial charge in [0, 0.05) is 24.5 Å². The van der Waals surface area contributed by atoms with E-state index in [1.807, 2.05) is 54.6 Å². The zero-order valence-corrected chi connectivity index (χ0v) is 15.3. The van der Waals surface area contributed by atoms with Crippen molar-refractivity contribution < 1.29 is 4.79 Å². The van der Waals surface area contributed by atoms with Crippen molar-refractivity contribution >= 4 is 17.3 Å². The normalized spacial score (nSPS) is 10.6. The van der Waals surface area contributed by atoms with E-state index in [4.69, 9.17) is 0 Å². The Kier molecular flexibility index (Phi) is 5.31. The van der Waals surface area contributed by atoms with Crippen molar-refractivity contribution in [1.82, 2.24) is 15.0 Å². The van der Waals surface area contributed by atoms with Crippen molar-refractivity contribution in [3.8, 4) is 5.69 Å². The molecule has 6 heteroatoms. The quantitative estimate of drug-likeness (QED) is 0.737. The number of hydrogen-bond acceptors (Lipinski definition) is 4. The van der Waals surface area contributed by atoms with Crippen molar-refractivity contribution in [2.75, 3.05) is 23.3 Å². The number of para-hydroxylation sites is 1. The van der Waals surface area contributed by atoms with Gasteiger partial charge in [0.05, 0.1) is 11.4 Å². The molecule has 26 heavy (non-hydrogen) atoms. The molecule has 0 aliphatic rings. The molecule has 0 spiro atoms. The maximum Gasteiger partial charge on any atom is 0.278 e. The van der Waals surface area contributed by atoms with Gasteiger partial charge in [-0.2, -0.15) is 9.90 Å². The minimum absolute atomic E-state index is 0.264. The summed E-state index contributed by atoms with van der Waals surface area (Å²) in [6.45, 7) is 7.93. The third-order valence-corrected chi connectivity index (χ3v) is 4.24. The number of aromatic nitrogens is 3. The van der Waals surface area contributed by atoms with Crippen LogP contribution in [0.25, 0.3) is 5.69 Å². The second kappa shape index (κ2) is 7.82. The Labute approximate surface area is 153 Å². The van der Waals surface area contributed by atoms with Crippen LogP contribution in [0, 0.1) is 6.92 Å². The van der Waals surface area contributed by atoms with Crippen molar-refractivity contribution in [2.24, 2.45) is 0 Å². The summed E-state index contributed by atoms with van der Waals surface area (Å²) < 4.78 is 0. The van der Waals surface area contributed by atoms with Crippen molar-refractivity contribution in [1.29, 1.82) is 0 Å². The van der Waals surface area contributed by atoms with Gasteiger partial charge < -0.3 is 10.2 Å². The number of carbonyl (C=O) groups is 1. The summed E-state index contributed by atoms with van der Waals surface area (Å²) in [4.78, 5) is 16.3. The molecular formula is C20H23N5O. The third-order valence-electron chi connectivity index (χ3n) is 4.24. The topological polar surface area (TPSA) is 63.1 Å². The van der Waals surface area contributed by atoms with Crippen LogP contribution in [0.5, 0.6) is 0 Å². The van der Waals surface area contributed by atoms with Crippen LogP contribution in [0.4, 0.5) is 11.4 Å². The van der Waals surface area contributed by atoms with E-state index in [1.54, 1.807) is 6.92 Å². The van der Waals surface area contributed by atoms with Crippen molar-refractivity contribution in [2.45, 2.75) is 20.8 Å². The molecule has 2 aromatic carbocycles. The molecule has 0 bridgehead atoms. The van der Waals surface area contributed by atoms with E-state index in [2.05, 4.69) is 34.3 Å². The van der Waals surface area contributed by atoms with Gasteiger partial charge in [-0.15, -0.1) is 5.10 Å². The highest BCUT2D eigenvalue weighted by Gasteiger charge is 2.16. The van der Waals surface area contributed by atoms with E-state index in [-0.39, 0.29) is 5.91 Å². The molecule has 1 amide bonds. The molecule has 0 atom stereocenters. The maximum absolute atomic E-state index is 12.6. The molecule has 134 valence electrons. The lowest BCUT2D eigenvalue weighted by atomic mass is 10.2. The summed E-state index contributed by atoms with van der Waals surface area (Å²) in [7, 11) is 0. The van der Waals surface area contributed by atoms with Gasteiger partial charge in [0.25, 0.3) is 5.91 Å². The Morgan fingerprint density at radius 1 is 1.00 bits per heavy atom. The number of hydrogen-bond donors (Lipinski definition) is 1. The number of rotatable bonds is 6. The first kappa shape index (κ1) is 17.7. The summed E-state index contributed by atoms with van der Waals surface area (Å²) in [5, 5.41) is 11.6. The number of aryl methyl sites for hydroxylation is 1. The molecule has 1 aromatic heterocycles. The zero-order valence-electron chi connectivity index (χ0n) is 15.3. The van der Waals surface area contributed by atoms with Gasteiger partial charge in [0.1, 0.15) is 0 Å². The summed E-state index contributed by atoms with van der Waals surface area (Å²) in [6.07, 6.45) is 0. The highest BCUT2D eigenvalue weighted by molar-refractivity contribution is 6.03. The summed E-state index contributed by atoms with van der Waals surface area (Å²) in [5.41, 5.74) is 3.60. The Balaban J connectivity index is 1.75. The maximum atomic E-state index is 12.6. The van der Waals surface area contributed by atoms with Gasteiger partial charge >= 0.3 is 0 Å². The Morgan fingerprint density at radius 2 is 1.65 bits per heavy atom. The average molecular weight is 349 g/mol. The second-order valence-corrected chi connectivity index (χ2v) is 5.93. The molecule has 1 N–H and O–H groups in total. The number of benzene rings is 2. The molecule has 6 nitrogen and oxygen atoms in total. The van der Waals surface area contributed by atoms with Gasteiger partial charge in [0.15, 0.2) is 5.69 Å². The van der Waals surface area contributed by atoms with E-state index < -0.39 is 0 Å². The molecule has 0 unspecified atom stereocenters. The van der Waals surface area contributed by atoms with Crippen LogP contribution < -0.4 is 10.2 Å². The van der Waals surface area contributed by atoms with E-state index >= 15 is 0 Å². The third kappa shape index (κ3) is 3.74. The Hall–Kier alpha value is -3.15. The lowest BCUT2D eigenvalue weighted by Crippen LogP contribution is -2.21. The predicted octanol–water partition coefficient (Wildman–Crippen LogP) is 3.67. The van der Waals surface area contributed by atoms with Crippen molar-refractivity contribution in [3.63, 3.8) is 0 Å². The number of amides is 1. The largest absolute Gasteiger partial charge is 0.372 e. The summed E-state index contributed by atoms with van der Waals surface area (Å²) in [6, 6.07) is 17.4. The zero-order chi connectivity index (χ0) is 18.5. The molecule has 0 saturated carbocycles. The van der Waals surface area contributed by atoms with Crippen LogP contribution in [0.15, 0.2) is 54.6 Å². The lowest BCUT2D eigenvalue weighted by Gasteiger charge is -2.21. The highest BCUT2D eigenvalue weighted by atomic mass is 16.2. The molecule has 0 aliphatic carbocycles. The van der Waals surface area contributed by atoms with Crippen molar-refractivity contribution in [3.05, 3.63) is 66.0 Å². The van der Waals surface area contributed by atoms with E-state index in [0.29, 0.717) is 11.4 Å². The van der Waals surface area contributed by atoms with Crippen LogP contribution in [-0.2, 0) is 0 Å². The minimum atomic E-state index is -0.264. The molecule has 3 rings (SSSR count). The molecule has 0 aliphatic heterocycles. The summed E-state index contributed by atoms with van der Waals surface area (Å²) >= 11 is 0. The van der Waals surface area contributed by atoms with Gasteiger partial charge in [0.2, 0.25) is 0 Å². The van der Waals surface area contributed by atoms with Gasteiger partial charge in [-0.3, -0.25) is 4.79 Å². The SMILES string of the molecule is CCN(CC)c1ccc(NC(=O)c2nn(-c3ccccc3)nc2C)cc1. The smallest absolute Gasteiger partial charge is 0.278 e. The van der Waals surface area contributed by atoms with Crippen LogP contribution in [0.2, 0.25) is 0 Å². The van der Waals surface area contributed by atoms with Gasteiger partial charge in [-0.25, -0.2) is 0 Å². The fraction of sp³-hybridized carbons (Fsp3) is 0.250. The fourth-order valence-corrected chi connectivity index (χ4v) is 2.80. The Morgan fingerprint density at radius 3 is 2.27 bits per heavy atom. The molecular weight excluding hydrogens is 326 g/mol. The minimum Gasteiger partial charge on any atom is -0.372 e. The predicted molar refractivity (Wildman–Crippen MR) is 104 cm³/mol. The van der Waals surface area contributed by atoms with Crippen LogP contribution in [0.1, 0.15) is 30.0 Å². The van der Waals surface area contributed by atoms with Crippen LogP contribution in [-0.4, -0.2) is 34.0 Å². The highest BCUT2D eigenvalue weighted by Crippen LogP contribution is 2.18. The van der Waals surface area contributed by atoms with Gasteiger partial charge in [-0.1, -0.05) is 18.2 Å². The molecule has 3 aromatic rings. The number of carbonyl (C=O) groups excluding carboxylic acids is 1. The standard InChI is InChI=1S/C20H23N5O/c1-4-24(5-2)17-13-11-16(12-14-17)21-20(26)19-15(3)22-25(23-19)18-9-7-6-8-10-18/h6-14H,4-5H2,1-3H3,(H,21,26). The average Bonchev–Trinajstić information content (AvgIpc) is 3.07. The second-order valence-electron chi connectivity index (χ2n) is 5.93. The van der Waals surface area contributed by atoms with E-state index in [9.17, 15) is 4.79 Å². The van der Waals surface area contributed by atoms with Crippen LogP contribution in [0.3, 0.4) is 0 Å². The van der Waals surface area contributed by atoms with Crippen LogP contribution >= 0.6 is 0 Å².